The molecule has 1 amide bonds. The van der Waals surface area contributed by atoms with Gasteiger partial charge in [0, 0.05) is 15.9 Å². The fourth-order valence-corrected chi connectivity index (χ4v) is 4.59. The van der Waals surface area contributed by atoms with Crippen molar-refractivity contribution in [2.24, 2.45) is 4.99 Å². The molecule has 0 radical (unpaired) electrons. The van der Waals surface area contributed by atoms with E-state index in [1.54, 1.807) is 6.92 Å². The smallest absolute Gasteiger partial charge is 0.338 e. The molecule has 0 spiro atoms. The molecular formula is C24H26BrN3O3S. The molecule has 1 heterocycles. The van der Waals surface area contributed by atoms with Crippen molar-refractivity contribution in [2.75, 3.05) is 17.7 Å². The Morgan fingerprint density at radius 3 is 2.50 bits per heavy atom. The maximum absolute atomic E-state index is 12.6. The number of ether oxygens (including phenoxy) is 1. The van der Waals surface area contributed by atoms with Gasteiger partial charge in [-0.3, -0.25) is 4.79 Å². The molecule has 0 fully saturated rings. The number of halogens is 1. The van der Waals surface area contributed by atoms with Gasteiger partial charge >= 0.3 is 5.97 Å². The molecule has 3 rings (SSSR count). The SMILES string of the molecule is CCOC(=O)C1=C(C)NC(SCC(=O)Nc2c(C)cccc2C)=N[C@@H]1c1cccc(Br)c1. The second kappa shape index (κ2) is 10.8. The molecule has 0 saturated heterocycles. The van der Waals surface area contributed by atoms with Gasteiger partial charge < -0.3 is 15.4 Å². The maximum atomic E-state index is 12.6. The zero-order valence-electron chi connectivity index (χ0n) is 18.5. The number of amides is 1. The molecular weight excluding hydrogens is 490 g/mol. The molecule has 8 heteroatoms. The van der Waals surface area contributed by atoms with Crippen LogP contribution in [0.4, 0.5) is 5.69 Å². The summed E-state index contributed by atoms with van der Waals surface area (Å²) in [5, 5.41) is 6.73. The summed E-state index contributed by atoms with van der Waals surface area (Å²) < 4.78 is 6.16. The largest absolute Gasteiger partial charge is 0.463 e. The summed E-state index contributed by atoms with van der Waals surface area (Å²) in [7, 11) is 0. The Kier molecular flexibility index (Phi) is 8.15. The van der Waals surface area contributed by atoms with Crippen molar-refractivity contribution >= 4 is 50.4 Å². The van der Waals surface area contributed by atoms with E-state index in [0.29, 0.717) is 16.4 Å². The third-order valence-corrected chi connectivity index (χ3v) is 6.34. The Hall–Kier alpha value is -2.58. The lowest BCUT2D eigenvalue weighted by Crippen LogP contribution is -2.31. The molecule has 1 atom stereocenters. The van der Waals surface area contributed by atoms with Gasteiger partial charge in [-0.2, -0.15) is 0 Å². The summed E-state index contributed by atoms with van der Waals surface area (Å²) in [6.45, 7) is 7.82. The molecule has 0 aromatic heterocycles. The van der Waals surface area contributed by atoms with Crippen LogP contribution < -0.4 is 10.6 Å². The second-order valence-electron chi connectivity index (χ2n) is 7.38. The number of aliphatic imine (C=N–C) groups is 1. The van der Waals surface area contributed by atoms with Crippen LogP contribution in [0.15, 0.2) is 63.2 Å². The van der Waals surface area contributed by atoms with Crippen molar-refractivity contribution in [1.29, 1.82) is 0 Å². The van der Waals surface area contributed by atoms with E-state index in [9.17, 15) is 9.59 Å². The fourth-order valence-electron chi connectivity index (χ4n) is 3.43. The van der Waals surface area contributed by atoms with Crippen LogP contribution in [-0.2, 0) is 14.3 Å². The lowest BCUT2D eigenvalue weighted by Gasteiger charge is -2.26. The van der Waals surface area contributed by atoms with Crippen LogP contribution in [0.25, 0.3) is 0 Å². The lowest BCUT2D eigenvalue weighted by molar-refractivity contribution is -0.139. The van der Waals surface area contributed by atoms with Crippen molar-refractivity contribution < 1.29 is 14.3 Å². The number of benzene rings is 2. The summed E-state index contributed by atoms with van der Waals surface area (Å²) in [5.74, 6) is -0.330. The predicted octanol–water partition coefficient (Wildman–Crippen LogP) is 5.28. The Bertz CT molecular complexity index is 1080. The average molecular weight is 516 g/mol. The van der Waals surface area contributed by atoms with Crippen LogP contribution in [0.3, 0.4) is 0 Å². The normalized spacial score (nSPS) is 15.7. The zero-order valence-corrected chi connectivity index (χ0v) is 20.9. The number of carbonyl (C=O) groups is 2. The Labute approximate surface area is 201 Å². The summed E-state index contributed by atoms with van der Waals surface area (Å²) in [5.41, 5.74) is 4.87. The molecule has 2 aromatic rings. The molecule has 0 aliphatic carbocycles. The van der Waals surface area contributed by atoms with Crippen LogP contribution in [0.2, 0.25) is 0 Å². The number of hydrogen-bond acceptors (Lipinski definition) is 6. The summed E-state index contributed by atoms with van der Waals surface area (Å²) in [6.07, 6.45) is 0. The number of nitrogens with one attached hydrogen (secondary N) is 2. The molecule has 32 heavy (non-hydrogen) atoms. The lowest BCUT2D eigenvalue weighted by atomic mass is 9.97. The molecule has 168 valence electrons. The second-order valence-corrected chi connectivity index (χ2v) is 9.26. The first-order valence-corrected chi connectivity index (χ1v) is 12.0. The van der Waals surface area contributed by atoms with Crippen molar-refractivity contribution in [3.05, 3.63) is 74.9 Å². The highest BCUT2D eigenvalue weighted by Gasteiger charge is 2.30. The Balaban J connectivity index is 1.79. The van der Waals surface area contributed by atoms with Gasteiger partial charge in [-0.1, -0.05) is 58.0 Å². The first kappa shape index (κ1) is 24.1. The quantitative estimate of drug-likeness (QED) is 0.511. The van der Waals surface area contributed by atoms with Gasteiger partial charge in [-0.05, 0) is 56.5 Å². The van der Waals surface area contributed by atoms with Gasteiger partial charge in [-0.15, -0.1) is 0 Å². The van der Waals surface area contributed by atoms with Crippen LogP contribution in [-0.4, -0.2) is 29.4 Å². The number of rotatable bonds is 6. The molecule has 6 nitrogen and oxygen atoms in total. The third-order valence-electron chi connectivity index (χ3n) is 4.96. The van der Waals surface area contributed by atoms with E-state index in [-0.39, 0.29) is 18.3 Å². The van der Waals surface area contributed by atoms with E-state index in [0.717, 1.165) is 26.9 Å². The van der Waals surface area contributed by atoms with Crippen molar-refractivity contribution in [3.63, 3.8) is 0 Å². The fraction of sp³-hybridized carbons (Fsp3) is 0.292. The summed E-state index contributed by atoms with van der Waals surface area (Å²) in [6, 6.07) is 13.1. The number of carbonyl (C=O) groups excluding carboxylic acids is 2. The van der Waals surface area contributed by atoms with Crippen molar-refractivity contribution in [1.82, 2.24) is 5.32 Å². The highest BCUT2D eigenvalue weighted by atomic mass is 79.9. The minimum absolute atomic E-state index is 0.117. The average Bonchev–Trinajstić information content (AvgIpc) is 2.74. The monoisotopic (exact) mass is 515 g/mol. The Morgan fingerprint density at radius 1 is 1.16 bits per heavy atom. The molecule has 0 bridgehead atoms. The van der Waals surface area contributed by atoms with Gasteiger partial charge in [0.1, 0.15) is 6.04 Å². The zero-order chi connectivity index (χ0) is 23.3. The summed E-state index contributed by atoms with van der Waals surface area (Å²) >= 11 is 4.78. The molecule has 1 aliphatic rings. The highest BCUT2D eigenvalue weighted by Crippen LogP contribution is 2.34. The molecule has 2 N–H and O–H groups in total. The minimum atomic E-state index is -0.517. The third kappa shape index (κ3) is 5.81. The number of anilines is 1. The maximum Gasteiger partial charge on any atom is 0.338 e. The topological polar surface area (TPSA) is 79.8 Å². The van der Waals surface area contributed by atoms with Gasteiger partial charge in [0.2, 0.25) is 5.91 Å². The first-order chi connectivity index (χ1) is 15.3. The Morgan fingerprint density at radius 2 is 1.84 bits per heavy atom. The van der Waals surface area contributed by atoms with Crippen LogP contribution in [0.1, 0.15) is 36.6 Å². The van der Waals surface area contributed by atoms with E-state index >= 15 is 0 Å². The van der Waals surface area contributed by atoms with Gasteiger partial charge in [0.15, 0.2) is 5.17 Å². The van der Waals surface area contributed by atoms with Crippen molar-refractivity contribution in [3.8, 4) is 0 Å². The van der Waals surface area contributed by atoms with Crippen LogP contribution in [0, 0.1) is 13.8 Å². The van der Waals surface area contributed by atoms with E-state index in [2.05, 4.69) is 26.6 Å². The van der Waals surface area contributed by atoms with Crippen LogP contribution in [0.5, 0.6) is 0 Å². The van der Waals surface area contributed by atoms with Crippen molar-refractivity contribution in [2.45, 2.75) is 33.7 Å². The molecule has 2 aromatic carbocycles. The number of nitrogens with zero attached hydrogens (tertiary/aromatic N) is 1. The standard InChI is InChI=1S/C24H26BrN3O3S/c1-5-31-23(30)20-16(4)26-24(28-22(20)17-10-7-11-18(25)12-17)32-13-19(29)27-21-14(2)8-6-9-15(21)3/h6-12,22H,5,13H2,1-4H3,(H,26,28)(H,27,29)/t22-/m1/s1. The number of esters is 1. The van der Waals surface area contributed by atoms with E-state index in [1.165, 1.54) is 11.8 Å². The summed E-state index contributed by atoms with van der Waals surface area (Å²) in [4.78, 5) is 30.0. The predicted molar refractivity (Wildman–Crippen MR) is 134 cm³/mol. The number of thioether (sulfide) groups is 1. The van der Waals surface area contributed by atoms with Gasteiger partial charge in [0.25, 0.3) is 0 Å². The van der Waals surface area contributed by atoms with E-state index in [1.807, 2.05) is 63.2 Å². The van der Waals surface area contributed by atoms with E-state index in [4.69, 9.17) is 9.73 Å². The molecule has 0 saturated carbocycles. The number of amidine groups is 1. The number of allylic oxidation sites excluding steroid dienone is 1. The number of para-hydroxylation sites is 1. The molecule has 1 aliphatic heterocycles. The highest BCUT2D eigenvalue weighted by molar-refractivity contribution is 9.10. The van der Waals surface area contributed by atoms with E-state index < -0.39 is 12.0 Å². The number of hydrogen-bond donors (Lipinski definition) is 2. The first-order valence-electron chi connectivity index (χ1n) is 10.3. The van der Waals surface area contributed by atoms with Gasteiger partial charge in [0.05, 0.1) is 17.9 Å². The minimum Gasteiger partial charge on any atom is -0.463 e. The molecule has 0 unspecified atom stereocenters. The number of aryl methyl sites for hydroxylation is 2. The van der Waals surface area contributed by atoms with Crippen LogP contribution >= 0.6 is 27.7 Å². The van der Waals surface area contributed by atoms with Gasteiger partial charge in [-0.25, -0.2) is 9.79 Å².